The molecule has 0 saturated heterocycles. The summed E-state index contributed by atoms with van der Waals surface area (Å²) in [6.45, 7) is 3.99. The number of nitrogens with two attached hydrogens (primary N) is 2. The molecule has 0 heterocycles. The van der Waals surface area contributed by atoms with Crippen molar-refractivity contribution in [2.24, 2.45) is 11.5 Å². The Morgan fingerprint density at radius 1 is 1.40 bits per heavy atom. The van der Waals surface area contributed by atoms with Crippen molar-refractivity contribution in [3.05, 3.63) is 24.3 Å². The SMILES string of the molecule is CCC(C)Oc1cccc(NC(=O)C(N)CC(N)=O)c1. The summed E-state index contributed by atoms with van der Waals surface area (Å²) >= 11 is 0. The van der Waals surface area contributed by atoms with Gasteiger partial charge in [0.2, 0.25) is 11.8 Å². The van der Waals surface area contributed by atoms with Crippen molar-refractivity contribution >= 4 is 17.5 Å². The van der Waals surface area contributed by atoms with Crippen molar-refractivity contribution in [2.75, 3.05) is 5.32 Å². The highest BCUT2D eigenvalue weighted by Crippen LogP contribution is 2.19. The summed E-state index contributed by atoms with van der Waals surface area (Å²) in [5, 5.41) is 2.63. The zero-order valence-corrected chi connectivity index (χ0v) is 11.8. The summed E-state index contributed by atoms with van der Waals surface area (Å²) in [6.07, 6.45) is 0.799. The van der Waals surface area contributed by atoms with Gasteiger partial charge in [0, 0.05) is 11.8 Å². The predicted octanol–water partition coefficient (Wildman–Crippen LogP) is 1.01. The van der Waals surface area contributed by atoms with Gasteiger partial charge in [-0.1, -0.05) is 13.0 Å². The fraction of sp³-hybridized carbons (Fsp3) is 0.429. The number of ether oxygens (including phenoxy) is 1. The Balaban J connectivity index is 2.66. The number of hydrogen-bond acceptors (Lipinski definition) is 4. The third-order valence-electron chi connectivity index (χ3n) is 2.77. The van der Waals surface area contributed by atoms with E-state index >= 15 is 0 Å². The molecular weight excluding hydrogens is 258 g/mol. The molecule has 0 radical (unpaired) electrons. The molecule has 6 heteroatoms. The van der Waals surface area contributed by atoms with Gasteiger partial charge in [0.1, 0.15) is 5.75 Å². The second-order valence-corrected chi connectivity index (χ2v) is 4.63. The van der Waals surface area contributed by atoms with Crippen LogP contribution in [0.25, 0.3) is 0 Å². The van der Waals surface area contributed by atoms with Crippen molar-refractivity contribution < 1.29 is 14.3 Å². The van der Waals surface area contributed by atoms with Crippen molar-refractivity contribution in [3.8, 4) is 5.75 Å². The molecule has 2 amide bonds. The van der Waals surface area contributed by atoms with Crippen LogP contribution in [0.5, 0.6) is 5.75 Å². The summed E-state index contributed by atoms with van der Waals surface area (Å²) in [7, 11) is 0. The van der Waals surface area contributed by atoms with E-state index in [0.29, 0.717) is 11.4 Å². The fourth-order valence-corrected chi connectivity index (χ4v) is 1.51. The summed E-state index contributed by atoms with van der Waals surface area (Å²) in [5.41, 5.74) is 11.1. The highest BCUT2D eigenvalue weighted by atomic mass is 16.5. The van der Waals surface area contributed by atoms with Gasteiger partial charge in [0.05, 0.1) is 18.6 Å². The average Bonchev–Trinajstić information content (AvgIpc) is 2.38. The summed E-state index contributed by atoms with van der Waals surface area (Å²) in [6, 6.07) is 6.06. The minimum atomic E-state index is -0.952. The lowest BCUT2D eigenvalue weighted by Crippen LogP contribution is -2.38. The number of benzene rings is 1. The van der Waals surface area contributed by atoms with E-state index in [1.54, 1.807) is 18.2 Å². The lowest BCUT2D eigenvalue weighted by molar-refractivity contribution is -0.123. The number of anilines is 1. The number of carbonyl (C=O) groups excluding carboxylic acids is 2. The van der Waals surface area contributed by atoms with Crippen LogP contribution in [-0.4, -0.2) is 24.0 Å². The van der Waals surface area contributed by atoms with Crippen LogP contribution in [0, 0.1) is 0 Å². The van der Waals surface area contributed by atoms with Gasteiger partial charge in [-0.2, -0.15) is 0 Å². The third-order valence-corrected chi connectivity index (χ3v) is 2.77. The van der Waals surface area contributed by atoms with Crippen LogP contribution in [0.2, 0.25) is 0 Å². The predicted molar refractivity (Wildman–Crippen MR) is 77.2 cm³/mol. The van der Waals surface area contributed by atoms with Crippen molar-refractivity contribution in [1.82, 2.24) is 0 Å². The molecular formula is C14H21N3O3. The maximum Gasteiger partial charge on any atom is 0.241 e. The number of primary amides is 1. The van der Waals surface area contributed by atoms with E-state index < -0.39 is 17.9 Å². The van der Waals surface area contributed by atoms with Crippen LogP contribution in [0.15, 0.2) is 24.3 Å². The van der Waals surface area contributed by atoms with E-state index in [1.807, 2.05) is 19.9 Å². The Morgan fingerprint density at radius 3 is 2.70 bits per heavy atom. The molecule has 5 N–H and O–H groups in total. The molecule has 2 atom stereocenters. The van der Waals surface area contributed by atoms with E-state index in [9.17, 15) is 9.59 Å². The lowest BCUT2D eigenvalue weighted by Gasteiger charge is -2.14. The van der Waals surface area contributed by atoms with Crippen molar-refractivity contribution in [1.29, 1.82) is 0 Å². The molecule has 6 nitrogen and oxygen atoms in total. The van der Waals surface area contributed by atoms with Gasteiger partial charge < -0.3 is 21.5 Å². The Labute approximate surface area is 118 Å². The molecule has 0 aliphatic heterocycles. The third kappa shape index (κ3) is 5.27. The van der Waals surface area contributed by atoms with E-state index in [-0.39, 0.29) is 12.5 Å². The summed E-state index contributed by atoms with van der Waals surface area (Å²) < 4.78 is 5.65. The molecule has 110 valence electrons. The number of amides is 2. The largest absolute Gasteiger partial charge is 0.491 e. The number of nitrogens with one attached hydrogen (secondary N) is 1. The van der Waals surface area contributed by atoms with Gasteiger partial charge in [-0.15, -0.1) is 0 Å². The topological polar surface area (TPSA) is 107 Å². The first-order chi connectivity index (χ1) is 9.42. The first-order valence-corrected chi connectivity index (χ1v) is 6.53. The Bertz CT molecular complexity index is 476. The lowest BCUT2D eigenvalue weighted by atomic mass is 10.2. The maximum absolute atomic E-state index is 11.8. The smallest absolute Gasteiger partial charge is 0.241 e. The van der Waals surface area contributed by atoms with Gasteiger partial charge in [0.15, 0.2) is 0 Å². The molecule has 0 bridgehead atoms. The van der Waals surface area contributed by atoms with Gasteiger partial charge in [-0.05, 0) is 25.5 Å². The van der Waals surface area contributed by atoms with E-state index in [4.69, 9.17) is 16.2 Å². The average molecular weight is 279 g/mol. The molecule has 0 spiro atoms. The van der Waals surface area contributed by atoms with E-state index in [0.717, 1.165) is 6.42 Å². The molecule has 1 rings (SSSR count). The quantitative estimate of drug-likeness (QED) is 0.692. The molecule has 0 saturated carbocycles. The van der Waals surface area contributed by atoms with Gasteiger partial charge in [0.25, 0.3) is 0 Å². The fourth-order valence-electron chi connectivity index (χ4n) is 1.51. The second-order valence-electron chi connectivity index (χ2n) is 4.63. The van der Waals surface area contributed by atoms with Crippen LogP contribution < -0.4 is 21.5 Å². The minimum absolute atomic E-state index is 0.0954. The highest BCUT2D eigenvalue weighted by molar-refractivity contribution is 5.97. The van der Waals surface area contributed by atoms with E-state index in [1.165, 1.54) is 0 Å². The van der Waals surface area contributed by atoms with Gasteiger partial charge in [-0.25, -0.2) is 0 Å². The molecule has 0 aliphatic rings. The first-order valence-electron chi connectivity index (χ1n) is 6.53. The normalized spacial score (nSPS) is 13.3. The second kappa shape index (κ2) is 7.49. The van der Waals surface area contributed by atoms with E-state index in [2.05, 4.69) is 5.32 Å². The zero-order valence-electron chi connectivity index (χ0n) is 11.8. The monoisotopic (exact) mass is 279 g/mol. The number of carbonyl (C=O) groups is 2. The molecule has 20 heavy (non-hydrogen) atoms. The van der Waals surface area contributed by atoms with Gasteiger partial charge >= 0.3 is 0 Å². The molecule has 1 aromatic rings. The Hall–Kier alpha value is -2.08. The summed E-state index contributed by atoms with van der Waals surface area (Å²) in [4.78, 5) is 22.5. The molecule has 0 aliphatic carbocycles. The van der Waals surface area contributed by atoms with Crippen molar-refractivity contribution in [3.63, 3.8) is 0 Å². The first kappa shape index (κ1) is 16.0. The van der Waals surface area contributed by atoms with Crippen LogP contribution >= 0.6 is 0 Å². The summed E-state index contributed by atoms with van der Waals surface area (Å²) in [5.74, 6) is -0.397. The minimum Gasteiger partial charge on any atom is -0.491 e. The Morgan fingerprint density at radius 2 is 2.10 bits per heavy atom. The molecule has 0 fully saturated rings. The number of hydrogen-bond donors (Lipinski definition) is 3. The van der Waals surface area contributed by atoms with Crippen LogP contribution in [0.1, 0.15) is 26.7 Å². The zero-order chi connectivity index (χ0) is 15.1. The highest BCUT2D eigenvalue weighted by Gasteiger charge is 2.16. The molecule has 0 aromatic heterocycles. The van der Waals surface area contributed by atoms with Crippen LogP contribution in [-0.2, 0) is 9.59 Å². The Kier molecular flexibility index (Phi) is 5.99. The maximum atomic E-state index is 11.8. The van der Waals surface area contributed by atoms with Crippen LogP contribution in [0.3, 0.4) is 0 Å². The number of rotatable bonds is 7. The van der Waals surface area contributed by atoms with Crippen molar-refractivity contribution in [2.45, 2.75) is 38.8 Å². The van der Waals surface area contributed by atoms with Crippen LogP contribution in [0.4, 0.5) is 5.69 Å². The molecule has 1 aromatic carbocycles. The molecule has 2 unspecified atom stereocenters. The standard InChI is InChI=1S/C14H21N3O3/c1-3-9(2)20-11-6-4-5-10(7-11)17-14(19)12(15)8-13(16)18/h4-7,9,12H,3,8,15H2,1-2H3,(H2,16,18)(H,17,19). The van der Waals surface area contributed by atoms with Gasteiger partial charge in [-0.3, -0.25) is 9.59 Å².